The Bertz CT molecular complexity index is 683. The Morgan fingerprint density at radius 2 is 2.36 bits per heavy atom. The van der Waals surface area contributed by atoms with Crippen LogP contribution in [0.3, 0.4) is 0 Å². The number of anilines is 1. The van der Waals surface area contributed by atoms with Crippen LogP contribution in [0.1, 0.15) is 31.2 Å². The number of hydrogen-bond donors (Lipinski definition) is 1. The summed E-state index contributed by atoms with van der Waals surface area (Å²) in [5.41, 5.74) is 1.08. The second-order valence-corrected chi connectivity index (χ2v) is 7.13. The van der Waals surface area contributed by atoms with E-state index in [0.29, 0.717) is 23.8 Å². The van der Waals surface area contributed by atoms with Crippen molar-refractivity contribution in [3.05, 3.63) is 17.0 Å². The summed E-state index contributed by atoms with van der Waals surface area (Å²) in [6, 6.07) is 1.97. The zero-order valence-corrected chi connectivity index (χ0v) is 13.6. The van der Waals surface area contributed by atoms with Crippen LogP contribution in [0.25, 0.3) is 10.7 Å². The van der Waals surface area contributed by atoms with E-state index in [1.54, 1.807) is 0 Å². The van der Waals surface area contributed by atoms with E-state index in [-0.39, 0.29) is 12.8 Å². The molecule has 1 aliphatic rings. The fraction of sp³-hybridized carbons (Fsp3) is 0.500. The van der Waals surface area contributed by atoms with Crippen molar-refractivity contribution in [1.29, 1.82) is 0 Å². The number of carbonyl (C=O) groups is 1. The Kier molecular flexibility index (Phi) is 4.22. The van der Waals surface area contributed by atoms with Crippen molar-refractivity contribution in [3.63, 3.8) is 0 Å². The van der Waals surface area contributed by atoms with Gasteiger partial charge in [0.2, 0.25) is 11.0 Å². The van der Waals surface area contributed by atoms with E-state index in [0.717, 1.165) is 22.0 Å². The number of carbonyl (C=O) groups excluding carboxylic acids is 1. The molecule has 1 fully saturated rings. The Morgan fingerprint density at radius 3 is 3.00 bits per heavy atom. The second-order valence-electron chi connectivity index (χ2n) is 5.46. The maximum absolute atomic E-state index is 13.5. The summed E-state index contributed by atoms with van der Waals surface area (Å²) in [6.45, 7) is 1.97. The lowest BCUT2D eigenvalue weighted by Crippen LogP contribution is -2.26. The first-order valence-corrected chi connectivity index (χ1v) is 8.67. The van der Waals surface area contributed by atoms with Crippen LogP contribution in [0.15, 0.2) is 11.4 Å². The minimum absolute atomic E-state index is 0.119. The highest BCUT2D eigenvalue weighted by Crippen LogP contribution is 2.42. The van der Waals surface area contributed by atoms with E-state index in [2.05, 4.69) is 14.7 Å². The molecule has 1 saturated carbocycles. The van der Waals surface area contributed by atoms with Crippen LogP contribution < -0.4 is 5.32 Å². The molecule has 1 aliphatic carbocycles. The van der Waals surface area contributed by atoms with Gasteiger partial charge in [-0.15, -0.1) is 11.3 Å². The zero-order valence-electron chi connectivity index (χ0n) is 11.9. The molecule has 0 radical (unpaired) electrons. The smallest absolute Gasteiger partial charge is 0.251 e. The minimum atomic E-state index is -2.72. The van der Waals surface area contributed by atoms with Crippen molar-refractivity contribution in [2.45, 2.75) is 38.5 Å². The number of aryl methyl sites for hydroxylation is 1. The molecule has 0 saturated heterocycles. The molecule has 2 aromatic rings. The van der Waals surface area contributed by atoms with Crippen LogP contribution in [0.5, 0.6) is 0 Å². The molecule has 0 aliphatic heterocycles. The lowest BCUT2D eigenvalue weighted by molar-refractivity contribution is -0.120. The molecule has 0 bridgehead atoms. The summed E-state index contributed by atoms with van der Waals surface area (Å²) in [4.78, 5) is 17.1. The van der Waals surface area contributed by atoms with Crippen LogP contribution in [0.2, 0.25) is 0 Å². The number of rotatable bonds is 4. The molecule has 1 atom stereocenters. The molecular weight excluding hydrogens is 328 g/mol. The molecule has 1 N–H and O–H groups in total. The molecule has 1 amide bonds. The standard InChI is InChI=1S/C14H15F2N3OS2/c1-8-4-6-21-11(8)12-18-13(22-19-12)17-10(20)7-9-3-2-5-14(9,15)16/h4,6,9H,2-3,5,7H2,1H3,(H,17,18,19,20). The summed E-state index contributed by atoms with van der Waals surface area (Å²) in [5.74, 6) is -3.44. The van der Waals surface area contributed by atoms with Crippen LogP contribution in [-0.4, -0.2) is 21.2 Å². The molecule has 118 valence electrons. The molecular formula is C14H15F2N3OS2. The Labute approximate surface area is 134 Å². The third-order valence-corrected chi connectivity index (χ3v) is 5.47. The predicted octanol–water partition coefficient (Wildman–Crippen LogP) is 4.34. The third-order valence-electron chi connectivity index (χ3n) is 3.83. The van der Waals surface area contributed by atoms with Gasteiger partial charge in [-0.25, -0.2) is 8.78 Å². The number of halogens is 2. The second kappa shape index (κ2) is 6.00. The van der Waals surface area contributed by atoms with Gasteiger partial charge in [0.15, 0.2) is 5.82 Å². The number of aromatic nitrogens is 2. The number of amides is 1. The quantitative estimate of drug-likeness (QED) is 0.898. The first-order valence-electron chi connectivity index (χ1n) is 7.01. The van der Waals surface area contributed by atoms with Gasteiger partial charge in [-0.1, -0.05) is 0 Å². The molecule has 2 heterocycles. The minimum Gasteiger partial charge on any atom is -0.301 e. The van der Waals surface area contributed by atoms with E-state index >= 15 is 0 Å². The first-order chi connectivity index (χ1) is 10.5. The fourth-order valence-electron chi connectivity index (χ4n) is 2.61. The monoisotopic (exact) mass is 343 g/mol. The van der Waals surface area contributed by atoms with Crippen molar-refractivity contribution in [2.75, 3.05) is 5.32 Å². The van der Waals surface area contributed by atoms with E-state index in [1.807, 2.05) is 18.4 Å². The number of hydrogen-bond acceptors (Lipinski definition) is 5. The van der Waals surface area contributed by atoms with E-state index in [9.17, 15) is 13.6 Å². The third kappa shape index (κ3) is 3.17. The molecule has 8 heteroatoms. The van der Waals surface area contributed by atoms with Gasteiger partial charge in [-0.3, -0.25) is 4.79 Å². The lowest BCUT2D eigenvalue weighted by atomic mass is 10.0. The van der Waals surface area contributed by atoms with Crippen LogP contribution in [0.4, 0.5) is 13.9 Å². The summed E-state index contributed by atoms with van der Waals surface area (Å²) in [6.07, 6.45) is 0.591. The van der Waals surface area contributed by atoms with Crippen LogP contribution in [-0.2, 0) is 4.79 Å². The summed E-state index contributed by atoms with van der Waals surface area (Å²) in [7, 11) is 0. The number of nitrogens with zero attached hydrogens (tertiary/aromatic N) is 2. The average Bonchev–Trinajstić information content (AvgIpc) is 3.12. The number of thiophene rings is 1. The average molecular weight is 343 g/mol. The van der Waals surface area contributed by atoms with Crippen LogP contribution >= 0.6 is 22.9 Å². The largest absolute Gasteiger partial charge is 0.301 e. The topological polar surface area (TPSA) is 54.9 Å². The van der Waals surface area contributed by atoms with Gasteiger partial charge in [0.05, 0.1) is 4.88 Å². The molecule has 4 nitrogen and oxygen atoms in total. The van der Waals surface area contributed by atoms with Crippen LogP contribution in [0, 0.1) is 12.8 Å². The highest BCUT2D eigenvalue weighted by Gasteiger charge is 2.44. The lowest BCUT2D eigenvalue weighted by Gasteiger charge is -2.17. The van der Waals surface area contributed by atoms with Gasteiger partial charge < -0.3 is 5.32 Å². The van der Waals surface area contributed by atoms with Gasteiger partial charge in [-0.05, 0) is 36.8 Å². The Hall–Kier alpha value is -1.41. The van der Waals surface area contributed by atoms with Gasteiger partial charge in [0.25, 0.3) is 5.92 Å². The molecule has 2 aromatic heterocycles. The Balaban J connectivity index is 1.63. The number of alkyl halides is 2. The first kappa shape index (κ1) is 15.5. The SMILES string of the molecule is Cc1ccsc1-c1nsc(NC(=O)CC2CCCC2(F)F)n1. The van der Waals surface area contributed by atoms with Crippen molar-refractivity contribution in [3.8, 4) is 10.7 Å². The van der Waals surface area contributed by atoms with E-state index in [4.69, 9.17) is 0 Å². The summed E-state index contributed by atoms with van der Waals surface area (Å²) < 4.78 is 31.3. The molecule has 3 rings (SSSR count). The highest BCUT2D eigenvalue weighted by atomic mass is 32.1. The van der Waals surface area contributed by atoms with E-state index < -0.39 is 17.7 Å². The van der Waals surface area contributed by atoms with Crippen molar-refractivity contribution < 1.29 is 13.6 Å². The maximum atomic E-state index is 13.5. The molecule has 0 aromatic carbocycles. The van der Waals surface area contributed by atoms with Gasteiger partial charge in [0, 0.05) is 30.3 Å². The highest BCUT2D eigenvalue weighted by molar-refractivity contribution is 7.14. The van der Waals surface area contributed by atoms with Crippen molar-refractivity contribution in [2.24, 2.45) is 5.92 Å². The van der Waals surface area contributed by atoms with Crippen molar-refractivity contribution >= 4 is 33.9 Å². The fourth-order valence-corrected chi connectivity index (χ4v) is 4.12. The maximum Gasteiger partial charge on any atom is 0.251 e. The summed E-state index contributed by atoms with van der Waals surface area (Å²) >= 11 is 2.60. The Morgan fingerprint density at radius 1 is 1.55 bits per heavy atom. The number of nitrogens with one attached hydrogen (secondary N) is 1. The van der Waals surface area contributed by atoms with Crippen molar-refractivity contribution in [1.82, 2.24) is 9.36 Å². The van der Waals surface area contributed by atoms with Gasteiger partial charge in [-0.2, -0.15) is 9.36 Å². The molecule has 0 spiro atoms. The molecule has 22 heavy (non-hydrogen) atoms. The zero-order chi connectivity index (χ0) is 15.7. The van der Waals surface area contributed by atoms with E-state index in [1.165, 1.54) is 11.3 Å². The normalized spacial score (nSPS) is 20.2. The molecule has 1 unspecified atom stereocenters. The van der Waals surface area contributed by atoms with Gasteiger partial charge >= 0.3 is 0 Å². The van der Waals surface area contributed by atoms with Gasteiger partial charge in [0.1, 0.15) is 0 Å². The predicted molar refractivity (Wildman–Crippen MR) is 83.5 cm³/mol. The summed E-state index contributed by atoms with van der Waals surface area (Å²) in [5, 5.41) is 4.89.